The number of hydrogen-bond donors (Lipinski definition) is 5. The number of carboxylic acid groups (broad SMARTS) is 3. The van der Waals surface area contributed by atoms with Gasteiger partial charge in [-0.2, -0.15) is 0 Å². The third kappa shape index (κ3) is 6.60. The zero-order valence-electron chi connectivity index (χ0n) is 28.2. The van der Waals surface area contributed by atoms with Crippen molar-refractivity contribution in [1.29, 1.82) is 0 Å². The Labute approximate surface area is 295 Å². The van der Waals surface area contributed by atoms with Crippen LogP contribution in [0.15, 0.2) is 62.9 Å². The Hall–Kier alpha value is -5.07. The molecule has 1 atom stereocenters. The van der Waals surface area contributed by atoms with Gasteiger partial charge in [-0.25, -0.2) is 0 Å². The van der Waals surface area contributed by atoms with Gasteiger partial charge in [-0.3, -0.25) is 4.79 Å². The zero-order chi connectivity index (χ0) is 36.6. The summed E-state index contributed by atoms with van der Waals surface area (Å²) in [5.74, 6) is -2.91. The van der Waals surface area contributed by atoms with Gasteiger partial charge in [0.2, 0.25) is 0 Å². The summed E-state index contributed by atoms with van der Waals surface area (Å²) in [6, 6.07) is -1.13. The zero-order valence-corrected chi connectivity index (χ0v) is 29.3. The predicted octanol–water partition coefficient (Wildman–Crippen LogP) is 3.13. The van der Waals surface area contributed by atoms with Crippen molar-refractivity contribution < 1.29 is 50.2 Å². The van der Waals surface area contributed by atoms with Crippen molar-refractivity contribution in [2.75, 3.05) is 6.61 Å². The first kappa shape index (κ1) is 36.2. The van der Waals surface area contributed by atoms with Gasteiger partial charge in [-0.05, 0) is 0 Å². The molecule has 0 saturated carbocycles. The largest absolute Gasteiger partial charge is 0.480 e. The van der Waals surface area contributed by atoms with Crippen molar-refractivity contribution in [3.05, 3.63) is 97.3 Å². The van der Waals surface area contributed by atoms with Crippen LogP contribution in [-0.4, -0.2) is 69.6 Å². The van der Waals surface area contributed by atoms with E-state index in [-0.39, 0.29) is 12.8 Å². The molecular formula is C37H39FeN5O7. The fraction of sp³-hybridized carbons (Fsp3) is 0.270. The molecule has 262 valence electrons. The van der Waals surface area contributed by atoms with Crippen molar-refractivity contribution in [2.45, 2.75) is 59.4 Å². The van der Waals surface area contributed by atoms with E-state index >= 15 is 0 Å². The molecule has 4 aliphatic rings. The molecule has 0 aromatic carbocycles. The summed E-state index contributed by atoms with van der Waals surface area (Å²) < 4.78 is 4.47. The average Bonchev–Trinajstić information content (AvgIpc) is 3.69. The maximum atomic E-state index is 11.8. The molecule has 0 fully saturated rings. The van der Waals surface area contributed by atoms with Crippen LogP contribution in [0.2, 0.25) is 0 Å². The van der Waals surface area contributed by atoms with Gasteiger partial charge >= 0.3 is 263 Å². The number of aliphatic hydroxyl groups excluding tert-OH is 1. The Morgan fingerprint density at radius 2 is 1.44 bits per heavy atom. The van der Waals surface area contributed by atoms with Crippen molar-refractivity contribution in [2.24, 2.45) is 15.7 Å². The first-order valence-electron chi connectivity index (χ1n) is 15.9. The van der Waals surface area contributed by atoms with Gasteiger partial charge in [0.15, 0.2) is 0 Å². The van der Waals surface area contributed by atoms with Gasteiger partial charge in [0.1, 0.15) is 6.04 Å². The van der Waals surface area contributed by atoms with Crippen LogP contribution in [0.25, 0.3) is 30.4 Å². The molecule has 12 nitrogen and oxygen atoms in total. The van der Waals surface area contributed by atoms with Gasteiger partial charge in [0.25, 0.3) is 0 Å². The monoisotopic (exact) mass is 721 g/mol. The molecule has 6 heterocycles. The van der Waals surface area contributed by atoms with E-state index in [1.165, 1.54) is 0 Å². The second-order valence-electron chi connectivity index (χ2n) is 12.1. The van der Waals surface area contributed by atoms with Gasteiger partial charge < -0.3 is 15.9 Å². The fourth-order valence-electron chi connectivity index (χ4n) is 6.21. The molecule has 4 aliphatic heterocycles. The number of aliphatic imine (C=N–C) groups is 2. The number of nitrogens with zero attached hydrogens (tertiary/aromatic N) is 4. The first-order valence-corrected chi connectivity index (χ1v) is 16.8. The molecule has 6 rings (SSSR count). The molecule has 0 saturated heterocycles. The van der Waals surface area contributed by atoms with E-state index in [4.69, 9.17) is 25.9 Å². The van der Waals surface area contributed by atoms with Crippen molar-refractivity contribution in [3.8, 4) is 0 Å². The molecule has 2 aromatic rings. The minimum Gasteiger partial charge on any atom is -0.480 e. The minimum atomic E-state index is -1.18. The van der Waals surface area contributed by atoms with Crippen LogP contribution in [-0.2, 0) is 36.2 Å². The van der Waals surface area contributed by atoms with Crippen molar-refractivity contribution in [3.63, 3.8) is 0 Å². The van der Waals surface area contributed by atoms with Crippen LogP contribution in [0.5, 0.6) is 0 Å². The number of aromatic nitrogens is 2. The van der Waals surface area contributed by atoms with E-state index < -0.39 is 30.6 Å². The molecule has 0 amide bonds. The summed E-state index contributed by atoms with van der Waals surface area (Å²) in [7, 11) is 0. The third-order valence-electron chi connectivity index (χ3n) is 9.06. The van der Waals surface area contributed by atoms with Gasteiger partial charge in [0.05, 0.1) is 6.61 Å². The normalized spacial score (nSPS) is 19.7. The Kier molecular flexibility index (Phi) is 10.4. The average molecular weight is 722 g/mol. The van der Waals surface area contributed by atoms with Crippen LogP contribution in [0.1, 0.15) is 66.8 Å². The minimum absolute atomic E-state index is 0.0140. The number of hydrogen-bond acceptors (Lipinski definition) is 7. The van der Waals surface area contributed by atoms with Gasteiger partial charge in [0, 0.05) is 0 Å². The number of fused-ring (bicyclic) bond motifs is 2. The molecule has 1 unspecified atom stereocenters. The SMILES string of the molecule is C=CC1=C(C)C2=NC/1=C\c1c(C)c(C=C)c3[n]1[Fe][n]1/c(c(C)c(CCC(=O)O)/c1=C/C1=NC(=C\3)/C(C)=C1CCC(=O)O)=C\2.NC(CO)C(=O)O. The van der Waals surface area contributed by atoms with E-state index in [9.17, 15) is 24.6 Å². The third-order valence-corrected chi connectivity index (χ3v) is 10.6. The summed E-state index contributed by atoms with van der Waals surface area (Å²) in [5, 5.41) is 36.9. The fourth-order valence-corrected chi connectivity index (χ4v) is 7.85. The summed E-state index contributed by atoms with van der Waals surface area (Å²) >= 11 is 0.463. The molecule has 2 aromatic heterocycles. The Morgan fingerprint density at radius 1 is 0.820 bits per heavy atom. The molecule has 0 radical (unpaired) electrons. The number of allylic oxidation sites excluding steroid dienone is 4. The van der Waals surface area contributed by atoms with E-state index in [0.717, 1.165) is 83.7 Å². The Morgan fingerprint density at radius 3 is 2.02 bits per heavy atom. The van der Waals surface area contributed by atoms with Gasteiger partial charge in [-0.1, -0.05) is 0 Å². The molecule has 13 heteroatoms. The van der Waals surface area contributed by atoms with Crippen LogP contribution in [0, 0.1) is 13.8 Å². The second-order valence-corrected chi connectivity index (χ2v) is 13.3. The van der Waals surface area contributed by atoms with E-state index in [1.54, 1.807) is 0 Å². The Bertz CT molecular complexity index is 2200. The standard InChI is InChI=1S/C34H34N4O4.C3H7NO3.Fe/c1-7-21-17(3)25-13-26-19(5)23(9-11-33(39)40)31(37-26)16-32-24(10-12-34(41)42)20(6)28(38-32)15-30-22(8-2)18(4)27(36-30)14-29(21)35-25;4-2(1-5)3(6)7;/h7-8,13-16H,1-2,9-12H2,3-6H3,(H4,35,36,37,38,39,40,41,42);2,5H,1,4H2,(H,6,7);/q;;+2/p-2/b25-13?,26-13-,27-14?,28-15-,29-14-,30-15?,31-16-,32-16?;;. The van der Waals surface area contributed by atoms with E-state index in [2.05, 4.69) is 45.5 Å². The summed E-state index contributed by atoms with van der Waals surface area (Å²) in [5.41, 5.74) is 17.6. The van der Waals surface area contributed by atoms with Crippen LogP contribution >= 0.6 is 0 Å². The summed E-state index contributed by atoms with van der Waals surface area (Å²) in [6.45, 7) is 15.9. The number of carbonyl (C=O) groups is 3. The van der Waals surface area contributed by atoms with Crippen LogP contribution < -0.4 is 16.4 Å². The number of aliphatic hydroxyl groups is 1. The molecular weight excluding hydrogens is 682 g/mol. The smallest absolute Gasteiger partial charge is 0.322 e. The Balaban J connectivity index is 0.000000630. The van der Waals surface area contributed by atoms with Crippen LogP contribution in [0.3, 0.4) is 0 Å². The maximum absolute atomic E-state index is 11.8. The predicted molar refractivity (Wildman–Crippen MR) is 189 cm³/mol. The van der Waals surface area contributed by atoms with Gasteiger partial charge in [-0.15, -0.1) is 0 Å². The molecule has 6 bridgehead atoms. The molecule has 6 N–H and O–H groups in total. The maximum Gasteiger partial charge on any atom is 0.322 e. The van der Waals surface area contributed by atoms with Crippen molar-refractivity contribution in [1.82, 2.24) is 7.17 Å². The number of rotatable bonds is 10. The summed E-state index contributed by atoms with van der Waals surface area (Å²) in [4.78, 5) is 43.1. The van der Waals surface area contributed by atoms with Crippen LogP contribution in [0.4, 0.5) is 0 Å². The topological polar surface area (TPSA) is 193 Å². The van der Waals surface area contributed by atoms with E-state index in [0.29, 0.717) is 33.9 Å². The number of carboxylic acids is 3. The second kappa shape index (κ2) is 14.4. The quantitative estimate of drug-likeness (QED) is 0.231. The van der Waals surface area contributed by atoms with Crippen molar-refractivity contribution >= 4 is 59.7 Å². The molecule has 50 heavy (non-hydrogen) atoms. The molecule has 0 spiro atoms. The first-order chi connectivity index (χ1) is 23.7. The molecule has 0 aliphatic carbocycles. The van der Waals surface area contributed by atoms with E-state index in [1.807, 2.05) is 39.0 Å². The number of aliphatic carboxylic acids is 3. The summed E-state index contributed by atoms with van der Waals surface area (Å²) in [6.07, 6.45) is 12.7. The number of nitrogens with two attached hydrogens (primary N) is 1.